The first-order valence-corrected chi connectivity index (χ1v) is 14.0. The largest absolute Gasteiger partial charge is 0.496 e. The van der Waals surface area contributed by atoms with Crippen molar-refractivity contribution in [1.82, 2.24) is 4.57 Å². The van der Waals surface area contributed by atoms with E-state index in [0.29, 0.717) is 37.7 Å². The molecule has 0 bridgehead atoms. The number of hydrogen-bond donors (Lipinski definition) is 0. The molecule has 0 N–H and O–H groups in total. The highest BCUT2D eigenvalue weighted by Gasteiger charge is 2.35. The minimum Gasteiger partial charge on any atom is -0.496 e. The normalized spacial score (nSPS) is 15.1. The van der Waals surface area contributed by atoms with Gasteiger partial charge in [-0.1, -0.05) is 49.1 Å². The van der Waals surface area contributed by atoms with Gasteiger partial charge in [0.25, 0.3) is 5.56 Å². The maximum absolute atomic E-state index is 14.0. The van der Waals surface area contributed by atoms with Crippen LogP contribution in [0.4, 0.5) is 0 Å². The van der Waals surface area contributed by atoms with Crippen LogP contribution in [-0.2, 0) is 9.53 Å². The number of fused-ring (bicyclic) bond motifs is 1. The molecule has 2 heterocycles. The van der Waals surface area contributed by atoms with Gasteiger partial charge in [-0.25, -0.2) is 9.79 Å². The Labute approximate surface area is 240 Å². The molecular weight excluding hydrogens is 636 g/mol. The van der Waals surface area contributed by atoms with Crippen LogP contribution >= 0.6 is 43.2 Å². The van der Waals surface area contributed by atoms with Crippen molar-refractivity contribution in [2.45, 2.75) is 32.9 Å². The van der Waals surface area contributed by atoms with Gasteiger partial charge >= 0.3 is 5.97 Å². The zero-order valence-electron chi connectivity index (χ0n) is 21.1. The first-order chi connectivity index (χ1) is 18.1. The molecule has 4 rings (SSSR count). The second-order valence-corrected chi connectivity index (χ2v) is 11.4. The van der Waals surface area contributed by atoms with Crippen LogP contribution in [0.25, 0.3) is 6.08 Å². The maximum atomic E-state index is 14.0. The van der Waals surface area contributed by atoms with Crippen molar-refractivity contribution in [3.63, 3.8) is 0 Å². The topological polar surface area (TPSA) is 79.1 Å². The summed E-state index contributed by atoms with van der Waals surface area (Å²) in [6, 6.07) is 10.1. The van der Waals surface area contributed by atoms with E-state index in [1.54, 1.807) is 46.1 Å². The molecule has 3 aromatic rings. The van der Waals surface area contributed by atoms with Gasteiger partial charge < -0.3 is 14.2 Å². The minimum atomic E-state index is -0.813. The van der Waals surface area contributed by atoms with Gasteiger partial charge in [-0.05, 0) is 63.2 Å². The van der Waals surface area contributed by atoms with E-state index < -0.39 is 12.0 Å². The predicted octanol–water partition coefficient (Wildman–Crippen LogP) is 4.73. The van der Waals surface area contributed by atoms with Crippen LogP contribution in [0.3, 0.4) is 0 Å². The molecular formula is C28H24Br2N2O5S. The number of allylic oxidation sites excluding steroid dienone is 1. The number of methoxy groups -OCH3 is 1. The van der Waals surface area contributed by atoms with Crippen LogP contribution in [-0.4, -0.2) is 30.4 Å². The third kappa shape index (κ3) is 5.65. The number of hydrogen-bond acceptors (Lipinski definition) is 7. The zero-order chi connectivity index (χ0) is 27.6. The number of aromatic nitrogens is 1. The Kier molecular flexibility index (Phi) is 8.61. The third-order valence-electron chi connectivity index (χ3n) is 5.64. The predicted molar refractivity (Wildman–Crippen MR) is 154 cm³/mol. The number of carbonyl (C=O) groups is 1. The van der Waals surface area contributed by atoms with E-state index in [0.717, 1.165) is 8.95 Å². The Hall–Kier alpha value is -3.13. The summed E-state index contributed by atoms with van der Waals surface area (Å²) in [5, 5.41) is 0. The van der Waals surface area contributed by atoms with Gasteiger partial charge in [0.2, 0.25) is 0 Å². The molecule has 1 aromatic heterocycles. The van der Waals surface area contributed by atoms with Crippen molar-refractivity contribution in [3.05, 3.63) is 87.4 Å². The van der Waals surface area contributed by atoms with Crippen molar-refractivity contribution in [1.29, 1.82) is 0 Å². The highest BCUT2D eigenvalue weighted by atomic mass is 79.9. The maximum Gasteiger partial charge on any atom is 0.338 e. The molecule has 0 saturated heterocycles. The molecule has 0 amide bonds. The highest BCUT2D eigenvalue weighted by Crippen LogP contribution is 2.37. The van der Waals surface area contributed by atoms with Gasteiger partial charge in [-0.2, -0.15) is 0 Å². The van der Waals surface area contributed by atoms with E-state index in [-0.39, 0.29) is 23.8 Å². The fourth-order valence-corrected chi connectivity index (χ4v) is 5.89. The lowest BCUT2D eigenvalue weighted by Gasteiger charge is -2.26. The second kappa shape index (κ2) is 11.7. The number of carbonyl (C=O) groups excluding carboxylic acids is 1. The molecule has 0 saturated carbocycles. The minimum absolute atomic E-state index is 0.0902. The molecule has 1 aliphatic rings. The van der Waals surface area contributed by atoms with Crippen molar-refractivity contribution in [2.24, 2.45) is 4.99 Å². The smallest absolute Gasteiger partial charge is 0.338 e. The van der Waals surface area contributed by atoms with Crippen LogP contribution in [0.2, 0.25) is 0 Å². The molecule has 0 radical (unpaired) electrons. The van der Waals surface area contributed by atoms with Gasteiger partial charge in [0.15, 0.2) is 4.80 Å². The van der Waals surface area contributed by atoms with E-state index in [9.17, 15) is 9.59 Å². The average Bonchev–Trinajstić information content (AvgIpc) is 3.16. The van der Waals surface area contributed by atoms with Crippen LogP contribution in [0.1, 0.15) is 37.9 Å². The highest BCUT2D eigenvalue weighted by molar-refractivity contribution is 9.10. The number of thiazole rings is 1. The van der Waals surface area contributed by atoms with Gasteiger partial charge in [-0.3, -0.25) is 9.36 Å². The molecule has 2 aromatic carbocycles. The Balaban J connectivity index is 2.00. The third-order valence-corrected chi connectivity index (χ3v) is 7.61. The molecule has 0 fully saturated rings. The summed E-state index contributed by atoms with van der Waals surface area (Å²) in [6.45, 7) is 5.38. The Morgan fingerprint density at radius 1 is 1.21 bits per heavy atom. The van der Waals surface area contributed by atoms with E-state index in [1.807, 2.05) is 24.3 Å². The standard InChI is InChI=1S/C28H24Br2N2O5S/c1-6-11-36-21-9-7-18(29)12-17(21)13-23-26(33)32-25(20-14-19(30)8-10-22(20)35-5)24(27(34)37-15(2)3)16(4)31-28(32)38-23/h1,7-10,12-15,25H,11H2,2-5H3/b23-13-/t25-/m1/s1. The van der Waals surface area contributed by atoms with Crippen LogP contribution < -0.4 is 24.4 Å². The molecule has 196 valence electrons. The van der Waals surface area contributed by atoms with E-state index in [4.69, 9.17) is 20.6 Å². The van der Waals surface area contributed by atoms with Gasteiger partial charge in [-0.15, -0.1) is 6.42 Å². The summed E-state index contributed by atoms with van der Waals surface area (Å²) < 4.78 is 20.4. The van der Waals surface area contributed by atoms with Gasteiger partial charge in [0.05, 0.1) is 29.0 Å². The zero-order valence-corrected chi connectivity index (χ0v) is 25.1. The van der Waals surface area contributed by atoms with Gasteiger partial charge in [0.1, 0.15) is 24.1 Å². The summed E-state index contributed by atoms with van der Waals surface area (Å²) in [5.74, 6) is 2.98. The number of terminal acetylenes is 1. The number of nitrogens with zero attached hydrogens (tertiary/aromatic N) is 2. The number of esters is 1. The number of ether oxygens (including phenoxy) is 3. The average molecular weight is 660 g/mol. The summed E-state index contributed by atoms with van der Waals surface area (Å²) in [7, 11) is 1.55. The van der Waals surface area contributed by atoms with Crippen molar-refractivity contribution >= 4 is 55.2 Å². The van der Waals surface area contributed by atoms with Crippen LogP contribution in [0, 0.1) is 12.3 Å². The molecule has 1 atom stereocenters. The Morgan fingerprint density at radius 2 is 1.89 bits per heavy atom. The lowest BCUT2D eigenvalue weighted by molar-refractivity contribution is -0.143. The molecule has 0 spiro atoms. The molecule has 1 aliphatic heterocycles. The van der Waals surface area contributed by atoms with Crippen molar-refractivity contribution < 1.29 is 19.0 Å². The number of halogens is 2. The Bertz CT molecular complexity index is 1660. The SMILES string of the molecule is C#CCOc1ccc(Br)cc1/C=c1\sc2n(c1=O)[C@H](c1cc(Br)ccc1OC)C(C(=O)OC(C)C)=C(C)N=2. The summed E-state index contributed by atoms with van der Waals surface area (Å²) >= 11 is 8.21. The van der Waals surface area contributed by atoms with E-state index >= 15 is 0 Å². The molecule has 10 heteroatoms. The fraction of sp³-hybridized carbons (Fsp3) is 0.250. The van der Waals surface area contributed by atoms with E-state index in [1.165, 1.54) is 15.9 Å². The molecule has 0 unspecified atom stereocenters. The van der Waals surface area contributed by atoms with Gasteiger partial charge in [0, 0.05) is 20.1 Å². The lowest BCUT2D eigenvalue weighted by atomic mass is 9.95. The van der Waals surface area contributed by atoms with Crippen molar-refractivity contribution in [2.75, 3.05) is 13.7 Å². The van der Waals surface area contributed by atoms with Crippen LogP contribution in [0.5, 0.6) is 11.5 Å². The van der Waals surface area contributed by atoms with Crippen molar-refractivity contribution in [3.8, 4) is 23.8 Å². The summed E-state index contributed by atoms with van der Waals surface area (Å²) in [6.07, 6.45) is 6.76. The second-order valence-electron chi connectivity index (χ2n) is 8.60. The molecule has 7 nitrogen and oxygen atoms in total. The lowest BCUT2D eigenvalue weighted by Crippen LogP contribution is -2.40. The summed E-state index contributed by atoms with van der Waals surface area (Å²) in [4.78, 5) is 32.4. The first-order valence-electron chi connectivity index (χ1n) is 11.6. The molecule has 0 aliphatic carbocycles. The fourth-order valence-electron chi connectivity index (χ4n) is 4.10. The monoisotopic (exact) mass is 658 g/mol. The van der Waals surface area contributed by atoms with E-state index in [2.05, 4.69) is 42.8 Å². The Morgan fingerprint density at radius 3 is 2.55 bits per heavy atom. The first kappa shape index (κ1) is 27.9. The quantitative estimate of drug-likeness (QED) is 0.271. The van der Waals surface area contributed by atoms with Crippen LogP contribution in [0.15, 0.2) is 66.4 Å². The number of rotatable bonds is 7. The molecule has 38 heavy (non-hydrogen) atoms. The summed E-state index contributed by atoms with van der Waals surface area (Å²) in [5.41, 5.74) is 1.73. The number of benzene rings is 2.